The van der Waals surface area contributed by atoms with Gasteiger partial charge >= 0.3 is 0 Å². The molecule has 1 fully saturated rings. The number of hydrogen-bond acceptors (Lipinski definition) is 4. The summed E-state index contributed by atoms with van der Waals surface area (Å²) in [4.78, 5) is 0.279. The number of nitrogens with zero attached hydrogens (tertiary/aromatic N) is 1. The summed E-state index contributed by atoms with van der Waals surface area (Å²) in [6.45, 7) is 6.08. The lowest BCUT2D eigenvalue weighted by Gasteiger charge is -2.20. The van der Waals surface area contributed by atoms with Gasteiger partial charge in [-0.05, 0) is 56.4 Å². The highest BCUT2D eigenvalue weighted by atomic mass is 32.2. The molecule has 1 saturated heterocycles. The van der Waals surface area contributed by atoms with Gasteiger partial charge in [0.25, 0.3) is 0 Å². The summed E-state index contributed by atoms with van der Waals surface area (Å²) in [7, 11) is -3.54. The molecule has 20 heavy (non-hydrogen) atoms. The summed E-state index contributed by atoms with van der Waals surface area (Å²) in [5.41, 5.74) is 7.79. The fourth-order valence-electron chi connectivity index (χ4n) is 2.63. The van der Waals surface area contributed by atoms with E-state index >= 15 is 0 Å². The van der Waals surface area contributed by atoms with Crippen molar-refractivity contribution in [3.05, 3.63) is 23.3 Å². The Kier molecular flexibility index (Phi) is 4.09. The van der Waals surface area contributed by atoms with Crippen molar-refractivity contribution in [3.63, 3.8) is 0 Å². The smallest absolute Gasteiger partial charge is 0.243 e. The highest BCUT2D eigenvalue weighted by Gasteiger charge is 2.35. The fourth-order valence-corrected chi connectivity index (χ4v) is 4.48. The van der Waals surface area contributed by atoms with Gasteiger partial charge in [0.15, 0.2) is 0 Å². The highest BCUT2D eigenvalue weighted by Crippen LogP contribution is 2.30. The first-order valence-electron chi connectivity index (χ1n) is 6.78. The van der Waals surface area contributed by atoms with Gasteiger partial charge in [0, 0.05) is 18.8 Å². The van der Waals surface area contributed by atoms with Crippen molar-refractivity contribution in [1.29, 1.82) is 0 Å². The SMILES string of the molecule is Cc1cc(N)c(C)c(S(=O)(=O)N2CCC(C(C)O)C2)c1. The molecular formula is C14H22N2O3S. The van der Waals surface area contributed by atoms with Gasteiger partial charge in [0.05, 0.1) is 11.0 Å². The average molecular weight is 298 g/mol. The van der Waals surface area contributed by atoms with E-state index < -0.39 is 16.1 Å². The van der Waals surface area contributed by atoms with Crippen molar-refractivity contribution in [2.24, 2.45) is 5.92 Å². The van der Waals surface area contributed by atoms with Crippen LogP contribution in [-0.2, 0) is 10.0 Å². The summed E-state index contributed by atoms with van der Waals surface area (Å²) in [5, 5.41) is 9.61. The number of nitrogen functional groups attached to an aromatic ring is 1. The maximum atomic E-state index is 12.7. The van der Waals surface area contributed by atoms with Crippen molar-refractivity contribution < 1.29 is 13.5 Å². The number of aliphatic hydroxyl groups is 1. The molecule has 0 radical (unpaired) electrons. The van der Waals surface area contributed by atoms with Crippen LogP contribution in [0.1, 0.15) is 24.5 Å². The zero-order valence-corrected chi connectivity index (χ0v) is 12.9. The molecule has 6 heteroatoms. The lowest BCUT2D eigenvalue weighted by molar-refractivity contribution is 0.133. The Morgan fingerprint density at radius 3 is 2.60 bits per heavy atom. The number of anilines is 1. The van der Waals surface area contributed by atoms with Gasteiger partial charge < -0.3 is 10.8 Å². The number of aliphatic hydroxyl groups excluding tert-OH is 1. The molecule has 0 saturated carbocycles. The second-order valence-electron chi connectivity index (χ2n) is 5.63. The van der Waals surface area contributed by atoms with Crippen LogP contribution < -0.4 is 5.73 Å². The summed E-state index contributed by atoms with van der Waals surface area (Å²) >= 11 is 0. The van der Waals surface area contributed by atoms with E-state index in [-0.39, 0.29) is 10.8 Å². The number of benzene rings is 1. The maximum Gasteiger partial charge on any atom is 0.243 e. The number of rotatable bonds is 3. The molecule has 2 unspecified atom stereocenters. The number of nitrogens with two attached hydrogens (primary N) is 1. The third-order valence-electron chi connectivity index (χ3n) is 4.03. The van der Waals surface area contributed by atoms with Crippen LogP contribution in [-0.4, -0.2) is 37.0 Å². The van der Waals surface area contributed by atoms with Gasteiger partial charge in [0.1, 0.15) is 0 Å². The van der Waals surface area contributed by atoms with E-state index in [9.17, 15) is 13.5 Å². The lowest BCUT2D eigenvalue weighted by Crippen LogP contribution is -2.31. The van der Waals surface area contributed by atoms with Crippen LogP contribution >= 0.6 is 0 Å². The van der Waals surface area contributed by atoms with Gasteiger partial charge in [-0.15, -0.1) is 0 Å². The molecule has 0 aromatic heterocycles. The van der Waals surface area contributed by atoms with Gasteiger partial charge in [-0.1, -0.05) is 0 Å². The van der Waals surface area contributed by atoms with E-state index in [2.05, 4.69) is 0 Å². The zero-order valence-electron chi connectivity index (χ0n) is 12.1. The van der Waals surface area contributed by atoms with Crippen molar-refractivity contribution in [3.8, 4) is 0 Å². The predicted molar refractivity (Wildman–Crippen MR) is 78.9 cm³/mol. The van der Waals surface area contributed by atoms with Crippen LogP contribution in [0.5, 0.6) is 0 Å². The lowest BCUT2D eigenvalue weighted by atomic mass is 10.0. The van der Waals surface area contributed by atoms with E-state index in [1.807, 2.05) is 6.92 Å². The highest BCUT2D eigenvalue weighted by molar-refractivity contribution is 7.89. The Balaban J connectivity index is 2.37. The molecule has 0 amide bonds. The fraction of sp³-hybridized carbons (Fsp3) is 0.571. The Bertz CT molecular complexity index is 611. The molecule has 0 spiro atoms. The van der Waals surface area contributed by atoms with Gasteiger partial charge in [-0.3, -0.25) is 0 Å². The molecular weight excluding hydrogens is 276 g/mol. The van der Waals surface area contributed by atoms with Gasteiger partial charge in [0.2, 0.25) is 10.0 Å². The minimum absolute atomic E-state index is 0.00670. The Hall–Kier alpha value is -1.11. The average Bonchev–Trinajstić information content (AvgIpc) is 2.83. The van der Waals surface area contributed by atoms with Crippen LogP contribution in [0.25, 0.3) is 0 Å². The van der Waals surface area contributed by atoms with Crippen molar-refractivity contribution in [1.82, 2.24) is 4.31 Å². The molecule has 112 valence electrons. The molecule has 5 nitrogen and oxygen atoms in total. The molecule has 1 aliphatic heterocycles. The summed E-state index contributed by atoms with van der Waals surface area (Å²) in [5.74, 6) is 0.00670. The number of aryl methyl sites for hydroxylation is 1. The van der Waals surface area contributed by atoms with Crippen LogP contribution in [0.2, 0.25) is 0 Å². The molecule has 1 aliphatic rings. The first-order valence-corrected chi connectivity index (χ1v) is 8.22. The first-order chi connectivity index (χ1) is 9.23. The number of hydrogen-bond donors (Lipinski definition) is 2. The van der Waals surface area contributed by atoms with E-state index in [1.165, 1.54) is 4.31 Å². The first kappa shape index (κ1) is 15.3. The topological polar surface area (TPSA) is 83.6 Å². The summed E-state index contributed by atoms with van der Waals surface area (Å²) < 4.78 is 26.9. The number of sulfonamides is 1. The van der Waals surface area contributed by atoms with E-state index in [4.69, 9.17) is 5.73 Å². The van der Waals surface area contributed by atoms with E-state index in [0.717, 1.165) is 5.56 Å². The Morgan fingerprint density at radius 2 is 2.05 bits per heavy atom. The second-order valence-corrected chi connectivity index (χ2v) is 7.54. The molecule has 0 aliphatic carbocycles. The second kappa shape index (κ2) is 5.35. The standard InChI is InChI=1S/C14H22N2O3S/c1-9-6-13(15)10(2)14(7-9)20(18,19)16-5-4-12(8-16)11(3)17/h6-7,11-12,17H,4-5,8,15H2,1-3H3. The van der Waals surface area contributed by atoms with Gasteiger partial charge in [-0.2, -0.15) is 4.31 Å². The van der Waals surface area contributed by atoms with Crippen molar-refractivity contribution in [2.45, 2.75) is 38.2 Å². The predicted octanol–water partition coefficient (Wildman–Crippen LogP) is 1.28. The normalized spacial score (nSPS) is 22.1. The monoisotopic (exact) mass is 298 g/mol. The summed E-state index contributed by atoms with van der Waals surface area (Å²) in [6.07, 6.45) is 0.205. The molecule has 2 rings (SSSR count). The Labute approximate surface area is 120 Å². The van der Waals surface area contributed by atoms with Crippen LogP contribution in [0, 0.1) is 19.8 Å². The Morgan fingerprint density at radius 1 is 1.40 bits per heavy atom. The molecule has 1 aromatic carbocycles. The quantitative estimate of drug-likeness (QED) is 0.823. The van der Waals surface area contributed by atoms with E-state index in [0.29, 0.717) is 30.8 Å². The van der Waals surface area contributed by atoms with Crippen LogP contribution in [0.15, 0.2) is 17.0 Å². The van der Waals surface area contributed by atoms with Gasteiger partial charge in [-0.25, -0.2) is 8.42 Å². The van der Waals surface area contributed by atoms with Crippen molar-refractivity contribution in [2.75, 3.05) is 18.8 Å². The van der Waals surface area contributed by atoms with E-state index in [1.54, 1.807) is 26.0 Å². The minimum atomic E-state index is -3.54. The molecule has 2 atom stereocenters. The molecule has 0 bridgehead atoms. The maximum absolute atomic E-state index is 12.7. The van der Waals surface area contributed by atoms with Crippen LogP contribution in [0.4, 0.5) is 5.69 Å². The van der Waals surface area contributed by atoms with Crippen molar-refractivity contribution >= 4 is 15.7 Å². The molecule has 1 heterocycles. The molecule has 1 aromatic rings. The zero-order chi connectivity index (χ0) is 15.1. The largest absolute Gasteiger partial charge is 0.398 e. The third kappa shape index (κ3) is 2.68. The van der Waals surface area contributed by atoms with Crippen LogP contribution in [0.3, 0.4) is 0 Å². The summed E-state index contributed by atoms with van der Waals surface area (Å²) in [6, 6.07) is 3.44. The minimum Gasteiger partial charge on any atom is -0.398 e. The molecule has 3 N–H and O–H groups in total. The third-order valence-corrected chi connectivity index (χ3v) is 6.02.